The molecule has 2 aromatic heterocycles. The van der Waals surface area contributed by atoms with Crippen LogP contribution >= 0.6 is 0 Å². The maximum Gasteiger partial charge on any atom is 0.311 e. The van der Waals surface area contributed by atoms with E-state index in [1.807, 2.05) is 24.3 Å². The van der Waals surface area contributed by atoms with E-state index < -0.39 is 18.0 Å². The topological polar surface area (TPSA) is 92.6 Å². The van der Waals surface area contributed by atoms with Crippen molar-refractivity contribution in [3.05, 3.63) is 60.2 Å². The van der Waals surface area contributed by atoms with E-state index in [-0.39, 0.29) is 24.7 Å². The van der Waals surface area contributed by atoms with Crippen molar-refractivity contribution >= 4 is 28.6 Å². The van der Waals surface area contributed by atoms with E-state index in [1.54, 1.807) is 36.4 Å². The number of hydrogen-bond acceptors (Lipinski definition) is 5. The molecule has 1 aromatic carbocycles. The minimum atomic E-state index is -0.930. The fourth-order valence-electron chi connectivity index (χ4n) is 3.49. The van der Waals surface area contributed by atoms with Crippen LogP contribution in [-0.4, -0.2) is 40.2 Å². The SMILES string of the molecule is C[C@@H](OC(=O)[C@@H]1CC(=O)N(Cc2ccco2)C1)C(=O)c1c[nH]c2ccccc12. The number of H-pyrrole nitrogens is 1. The highest BCUT2D eigenvalue weighted by Crippen LogP contribution is 2.24. The van der Waals surface area contributed by atoms with Gasteiger partial charge in [0.25, 0.3) is 0 Å². The number of aromatic amines is 1. The number of amides is 1. The molecule has 28 heavy (non-hydrogen) atoms. The summed E-state index contributed by atoms with van der Waals surface area (Å²) < 4.78 is 10.7. The largest absolute Gasteiger partial charge is 0.467 e. The fraction of sp³-hybridized carbons (Fsp3) is 0.286. The molecule has 1 aliphatic rings. The van der Waals surface area contributed by atoms with Crippen LogP contribution in [0.5, 0.6) is 0 Å². The molecule has 0 aliphatic carbocycles. The van der Waals surface area contributed by atoms with Gasteiger partial charge in [-0.2, -0.15) is 0 Å². The second-order valence-electron chi connectivity index (χ2n) is 6.95. The third kappa shape index (κ3) is 3.43. The molecule has 4 rings (SSSR count). The summed E-state index contributed by atoms with van der Waals surface area (Å²) in [6.45, 7) is 2.13. The Morgan fingerprint density at radius 3 is 2.89 bits per heavy atom. The van der Waals surface area contributed by atoms with Crippen LogP contribution in [0.25, 0.3) is 10.9 Å². The first-order valence-corrected chi connectivity index (χ1v) is 9.14. The molecular formula is C21H20N2O5. The van der Waals surface area contributed by atoms with Crippen molar-refractivity contribution < 1.29 is 23.5 Å². The van der Waals surface area contributed by atoms with Gasteiger partial charge in [-0.3, -0.25) is 14.4 Å². The average molecular weight is 380 g/mol. The number of para-hydroxylation sites is 1. The number of carbonyl (C=O) groups excluding carboxylic acids is 3. The zero-order chi connectivity index (χ0) is 19.7. The molecule has 7 nitrogen and oxygen atoms in total. The molecule has 1 saturated heterocycles. The number of ether oxygens (including phenoxy) is 1. The van der Waals surface area contributed by atoms with Crippen molar-refractivity contribution in [1.82, 2.24) is 9.88 Å². The van der Waals surface area contributed by atoms with Crippen molar-refractivity contribution in [3.63, 3.8) is 0 Å². The van der Waals surface area contributed by atoms with E-state index in [4.69, 9.17) is 9.15 Å². The van der Waals surface area contributed by atoms with Crippen LogP contribution in [0.15, 0.2) is 53.3 Å². The summed E-state index contributed by atoms with van der Waals surface area (Å²) in [7, 11) is 0. The highest BCUT2D eigenvalue weighted by Gasteiger charge is 2.37. The molecule has 7 heteroatoms. The molecule has 144 valence electrons. The molecule has 0 unspecified atom stereocenters. The number of likely N-dealkylation sites (tertiary alicyclic amines) is 1. The van der Waals surface area contributed by atoms with Crippen molar-refractivity contribution in [2.45, 2.75) is 26.0 Å². The van der Waals surface area contributed by atoms with Gasteiger partial charge in [0.2, 0.25) is 11.7 Å². The highest BCUT2D eigenvalue weighted by molar-refractivity contribution is 6.10. The molecule has 1 N–H and O–H groups in total. The number of furan rings is 1. The zero-order valence-corrected chi connectivity index (χ0v) is 15.4. The summed E-state index contributed by atoms with van der Waals surface area (Å²) in [5.41, 5.74) is 1.33. The average Bonchev–Trinajstić information content (AvgIpc) is 3.42. The van der Waals surface area contributed by atoms with E-state index in [1.165, 1.54) is 0 Å². The molecule has 2 atom stereocenters. The molecule has 0 spiro atoms. The van der Waals surface area contributed by atoms with Gasteiger partial charge in [0, 0.05) is 35.6 Å². The fourth-order valence-corrected chi connectivity index (χ4v) is 3.49. The summed E-state index contributed by atoms with van der Waals surface area (Å²) in [6.07, 6.45) is 2.32. The van der Waals surface area contributed by atoms with Gasteiger partial charge in [-0.15, -0.1) is 0 Å². The van der Waals surface area contributed by atoms with Crippen LogP contribution in [0.2, 0.25) is 0 Å². The van der Waals surface area contributed by atoms with Gasteiger partial charge in [0.05, 0.1) is 18.7 Å². The van der Waals surface area contributed by atoms with Gasteiger partial charge >= 0.3 is 5.97 Å². The third-order valence-electron chi connectivity index (χ3n) is 4.99. The molecule has 1 amide bonds. The number of benzene rings is 1. The number of nitrogens with zero attached hydrogens (tertiary/aromatic N) is 1. The maximum atomic E-state index is 12.7. The Hall–Kier alpha value is -3.35. The number of ketones is 1. The molecule has 0 saturated carbocycles. The quantitative estimate of drug-likeness (QED) is 0.524. The predicted molar refractivity (Wildman–Crippen MR) is 100 cm³/mol. The molecule has 0 bridgehead atoms. The Balaban J connectivity index is 1.39. The standard InChI is InChI=1S/C21H20N2O5/c1-13(20(25)17-10-22-18-7-3-2-6-16(17)18)28-21(26)14-9-19(24)23(11-14)12-15-5-4-8-27-15/h2-8,10,13-14,22H,9,11-12H2,1H3/t13-,14-/m1/s1. The van der Waals surface area contributed by atoms with E-state index >= 15 is 0 Å². The molecule has 1 aliphatic heterocycles. The second kappa shape index (κ2) is 7.34. The summed E-state index contributed by atoms with van der Waals surface area (Å²) in [6, 6.07) is 11.0. The number of carbonyl (C=O) groups is 3. The maximum absolute atomic E-state index is 12.7. The number of aromatic nitrogens is 1. The van der Waals surface area contributed by atoms with E-state index in [0.29, 0.717) is 17.9 Å². The lowest BCUT2D eigenvalue weighted by molar-refractivity contribution is -0.151. The molecule has 3 heterocycles. The Kier molecular flexibility index (Phi) is 4.73. The molecule has 3 aromatic rings. The first-order chi connectivity index (χ1) is 13.5. The third-order valence-corrected chi connectivity index (χ3v) is 4.99. The van der Waals surface area contributed by atoms with E-state index in [2.05, 4.69) is 4.98 Å². The highest BCUT2D eigenvalue weighted by atomic mass is 16.5. The van der Waals surface area contributed by atoms with Crippen LogP contribution in [0.4, 0.5) is 0 Å². The number of nitrogens with one attached hydrogen (secondary N) is 1. The van der Waals surface area contributed by atoms with Crippen molar-refractivity contribution in [3.8, 4) is 0 Å². The van der Waals surface area contributed by atoms with Gasteiger partial charge < -0.3 is 19.0 Å². The number of Topliss-reactive ketones (excluding diaryl/α,β-unsaturated/α-hetero) is 1. The minimum Gasteiger partial charge on any atom is -0.467 e. The Labute approximate surface area is 161 Å². The van der Waals surface area contributed by atoms with Crippen molar-refractivity contribution in [2.75, 3.05) is 6.54 Å². The molecular weight excluding hydrogens is 360 g/mol. The van der Waals surface area contributed by atoms with Gasteiger partial charge in [0.1, 0.15) is 5.76 Å². The van der Waals surface area contributed by atoms with Gasteiger partial charge in [-0.1, -0.05) is 18.2 Å². The first kappa shape index (κ1) is 18.0. The van der Waals surface area contributed by atoms with Crippen LogP contribution in [0.3, 0.4) is 0 Å². The number of fused-ring (bicyclic) bond motifs is 1. The molecule has 1 fully saturated rings. The van der Waals surface area contributed by atoms with Crippen molar-refractivity contribution in [2.24, 2.45) is 5.92 Å². The number of hydrogen-bond donors (Lipinski definition) is 1. The van der Waals surface area contributed by atoms with Gasteiger partial charge in [-0.25, -0.2) is 0 Å². The number of esters is 1. The summed E-state index contributed by atoms with van der Waals surface area (Å²) in [5.74, 6) is -0.863. The lowest BCUT2D eigenvalue weighted by Crippen LogP contribution is -2.30. The van der Waals surface area contributed by atoms with Crippen LogP contribution in [-0.2, 0) is 20.9 Å². The Bertz CT molecular complexity index is 1020. The normalized spacial score (nSPS) is 17.8. The molecule has 0 radical (unpaired) electrons. The van der Waals surface area contributed by atoms with E-state index in [0.717, 1.165) is 10.9 Å². The van der Waals surface area contributed by atoms with Crippen LogP contribution in [0, 0.1) is 5.92 Å². The minimum absolute atomic E-state index is 0.0769. The Morgan fingerprint density at radius 1 is 1.29 bits per heavy atom. The Morgan fingerprint density at radius 2 is 2.11 bits per heavy atom. The summed E-state index contributed by atoms with van der Waals surface area (Å²) in [4.78, 5) is 42.0. The monoisotopic (exact) mass is 380 g/mol. The second-order valence-corrected chi connectivity index (χ2v) is 6.95. The van der Waals surface area contributed by atoms with Crippen molar-refractivity contribution in [1.29, 1.82) is 0 Å². The summed E-state index contributed by atoms with van der Waals surface area (Å²) in [5, 5.41) is 0.788. The summed E-state index contributed by atoms with van der Waals surface area (Å²) >= 11 is 0. The predicted octanol–water partition coefficient (Wildman–Crippen LogP) is 2.92. The van der Waals surface area contributed by atoms with Gasteiger partial charge in [-0.05, 0) is 25.1 Å². The van der Waals surface area contributed by atoms with Crippen LogP contribution < -0.4 is 0 Å². The van der Waals surface area contributed by atoms with Gasteiger partial charge in [0.15, 0.2) is 6.10 Å². The lowest BCUT2D eigenvalue weighted by atomic mass is 10.1. The smallest absolute Gasteiger partial charge is 0.311 e. The van der Waals surface area contributed by atoms with Crippen LogP contribution in [0.1, 0.15) is 29.5 Å². The lowest BCUT2D eigenvalue weighted by Gasteiger charge is -2.16. The first-order valence-electron chi connectivity index (χ1n) is 9.14. The number of rotatable bonds is 6. The van der Waals surface area contributed by atoms with E-state index in [9.17, 15) is 14.4 Å². The zero-order valence-electron chi connectivity index (χ0n) is 15.4.